The van der Waals surface area contributed by atoms with Crippen LogP contribution >= 0.6 is 0 Å². The van der Waals surface area contributed by atoms with Crippen LogP contribution < -0.4 is 5.56 Å². The predicted octanol–water partition coefficient (Wildman–Crippen LogP) is 1.92. The number of aromatic carboxylic acids is 1. The number of carboxylic acid groups (broad SMARTS) is 1. The van der Waals surface area contributed by atoms with E-state index >= 15 is 0 Å². The molecule has 1 N–H and O–H groups in total. The number of aromatic nitrogens is 4. The zero-order valence-electron chi connectivity index (χ0n) is 16.5. The fraction of sp³-hybridized carbons (Fsp3) is 0.364. The van der Waals surface area contributed by atoms with Crippen LogP contribution in [0.1, 0.15) is 28.4 Å². The van der Waals surface area contributed by atoms with Crippen LogP contribution in [0.4, 0.5) is 0 Å². The topological polar surface area (TPSA) is 93.2 Å². The first-order valence-electron chi connectivity index (χ1n) is 10.2. The first-order chi connectivity index (χ1) is 14.6. The van der Waals surface area contributed by atoms with Crippen molar-refractivity contribution >= 4 is 5.97 Å². The first-order valence-corrected chi connectivity index (χ1v) is 10.2. The zero-order valence-corrected chi connectivity index (χ0v) is 16.5. The second kappa shape index (κ2) is 7.53. The third-order valence-electron chi connectivity index (χ3n) is 6.24. The van der Waals surface area contributed by atoms with Gasteiger partial charge in [-0.1, -0.05) is 12.1 Å². The summed E-state index contributed by atoms with van der Waals surface area (Å²) in [6.45, 7) is 4.48. The summed E-state index contributed by atoms with van der Waals surface area (Å²) < 4.78 is 3.92. The Morgan fingerprint density at radius 1 is 1.00 bits per heavy atom. The number of fused-ring (bicyclic) bond motifs is 4. The average molecular weight is 405 g/mol. The second-order valence-corrected chi connectivity index (χ2v) is 8.26. The highest BCUT2D eigenvalue weighted by atomic mass is 16.4. The van der Waals surface area contributed by atoms with Crippen LogP contribution in [0.2, 0.25) is 0 Å². The van der Waals surface area contributed by atoms with Gasteiger partial charge >= 0.3 is 5.97 Å². The summed E-state index contributed by atoms with van der Waals surface area (Å²) in [4.78, 5) is 26.4. The van der Waals surface area contributed by atoms with Crippen molar-refractivity contribution in [2.45, 2.75) is 25.4 Å². The van der Waals surface area contributed by atoms with Crippen molar-refractivity contribution in [3.05, 3.63) is 70.7 Å². The largest absolute Gasteiger partial charge is 0.478 e. The Morgan fingerprint density at radius 3 is 2.50 bits per heavy atom. The van der Waals surface area contributed by atoms with E-state index in [9.17, 15) is 9.59 Å². The van der Waals surface area contributed by atoms with Gasteiger partial charge in [-0.3, -0.25) is 4.79 Å². The molecule has 1 aromatic carbocycles. The van der Waals surface area contributed by atoms with Crippen LogP contribution in [0.5, 0.6) is 0 Å². The minimum Gasteiger partial charge on any atom is -0.478 e. The molecule has 2 aliphatic rings. The van der Waals surface area contributed by atoms with Gasteiger partial charge in [0.15, 0.2) is 0 Å². The van der Waals surface area contributed by atoms with Crippen LogP contribution in [0, 0.1) is 5.92 Å². The van der Waals surface area contributed by atoms with Gasteiger partial charge in [0, 0.05) is 50.4 Å². The van der Waals surface area contributed by atoms with Gasteiger partial charge in [0.2, 0.25) is 0 Å². The zero-order chi connectivity index (χ0) is 20.7. The van der Waals surface area contributed by atoms with Crippen molar-refractivity contribution in [3.8, 4) is 11.1 Å². The molecule has 0 radical (unpaired) electrons. The van der Waals surface area contributed by atoms with E-state index in [1.165, 1.54) is 0 Å². The van der Waals surface area contributed by atoms with Crippen LogP contribution in [0.25, 0.3) is 11.1 Å². The Bertz CT molecular complexity index is 1120. The molecule has 2 atom stereocenters. The smallest absolute Gasteiger partial charge is 0.335 e. The molecule has 0 aliphatic carbocycles. The highest BCUT2D eigenvalue weighted by Gasteiger charge is 2.34. The fourth-order valence-corrected chi connectivity index (χ4v) is 4.81. The molecular weight excluding hydrogens is 382 g/mol. The third-order valence-corrected chi connectivity index (χ3v) is 6.24. The molecule has 3 aromatic rings. The van der Waals surface area contributed by atoms with Crippen LogP contribution in [0.15, 0.2) is 53.8 Å². The number of benzene rings is 1. The molecule has 8 nitrogen and oxygen atoms in total. The predicted molar refractivity (Wildman–Crippen MR) is 110 cm³/mol. The molecule has 8 heteroatoms. The van der Waals surface area contributed by atoms with E-state index in [4.69, 9.17) is 5.11 Å². The molecule has 0 spiro atoms. The summed E-state index contributed by atoms with van der Waals surface area (Å²) in [5.74, 6) is -0.146. The van der Waals surface area contributed by atoms with Crippen molar-refractivity contribution in [1.29, 1.82) is 0 Å². The number of likely N-dealkylation sites (tertiary alicyclic amines) is 1. The molecule has 1 saturated heterocycles. The van der Waals surface area contributed by atoms with Crippen LogP contribution in [-0.4, -0.2) is 54.9 Å². The van der Waals surface area contributed by atoms with Crippen molar-refractivity contribution in [3.63, 3.8) is 0 Å². The summed E-state index contributed by atoms with van der Waals surface area (Å²) in [6, 6.07) is 10.5. The Labute approximate surface area is 173 Å². The summed E-state index contributed by atoms with van der Waals surface area (Å²) in [5, 5.41) is 16.8. The van der Waals surface area contributed by atoms with Crippen LogP contribution in [0.3, 0.4) is 0 Å². The lowest BCUT2D eigenvalue weighted by atomic mass is 9.82. The number of hydrogen-bond acceptors (Lipinski definition) is 5. The van der Waals surface area contributed by atoms with Gasteiger partial charge in [0.1, 0.15) is 12.7 Å². The average Bonchev–Trinajstić information content (AvgIpc) is 3.27. The van der Waals surface area contributed by atoms with Gasteiger partial charge in [-0.25, -0.2) is 4.79 Å². The molecule has 0 unspecified atom stereocenters. The number of hydrogen-bond donors (Lipinski definition) is 1. The number of pyridine rings is 1. The van der Waals surface area contributed by atoms with Gasteiger partial charge < -0.3 is 19.1 Å². The van der Waals surface area contributed by atoms with E-state index in [0.29, 0.717) is 11.8 Å². The van der Waals surface area contributed by atoms with Crippen molar-refractivity contribution in [2.24, 2.45) is 5.92 Å². The Balaban J connectivity index is 1.40. The quantitative estimate of drug-likeness (QED) is 0.697. The molecule has 0 saturated carbocycles. The van der Waals surface area contributed by atoms with Crippen LogP contribution in [-0.2, 0) is 13.1 Å². The Morgan fingerprint density at radius 2 is 1.77 bits per heavy atom. The lowest BCUT2D eigenvalue weighted by molar-refractivity contribution is 0.0697. The van der Waals surface area contributed by atoms with E-state index in [-0.39, 0.29) is 11.1 Å². The first kappa shape index (κ1) is 18.7. The number of carbonyl (C=O) groups is 1. The lowest BCUT2D eigenvalue weighted by Crippen LogP contribution is -2.47. The Hall–Kier alpha value is -3.26. The van der Waals surface area contributed by atoms with E-state index in [1.807, 2.05) is 9.13 Å². The molecule has 2 aliphatic heterocycles. The molecule has 5 rings (SSSR count). The lowest BCUT2D eigenvalue weighted by Gasteiger charge is -2.43. The molecule has 2 bridgehead atoms. The van der Waals surface area contributed by atoms with Crippen molar-refractivity contribution in [2.75, 3.05) is 19.6 Å². The van der Waals surface area contributed by atoms with Gasteiger partial charge in [0.05, 0.1) is 5.56 Å². The van der Waals surface area contributed by atoms with E-state index < -0.39 is 5.97 Å². The monoisotopic (exact) mass is 405 g/mol. The third kappa shape index (κ3) is 3.54. The van der Waals surface area contributed by atoms with E-state index in [2.05, 4.69) is 21.2 Å². The maximum atomic E-state index is 12.9. The minimum absolute atomic E-state index is 0.0254. The molecular formula is C22H23N5O3. The molecule has 1 fully saturated rings. The Kier molecular flexibility index (Phi) is 4.71. The summed E-state index contributed by atoms with van der Waals surface area (Å²) in [7, 11) is 0. The van der Waals surface area contributed by atoms with E-state index in [0.717, 1.165) is 56.0 Å². The maximum Gasteiger partial charge on any atom is 0.335 e. The summed E-state index contributed by atoms with van der Waals surface area (Å²) >= 11 is 0. The molecule has 0 amide bonds. The van der Waals surface area contributed by atoms with Gasteiger partial charge in [-0.05, 0) is 41.7 Å². The molecule has 154 valence electrons. The second-order valence-electron chi connectivity index (χ2n) is 8.26. The normalized spacial score (nSPS) is 20.7. The number of carboxylic acids is 1. The molecule has 4 heterocycles. The maximum absolute atomic E-state index is 12.9. The van der Waals surface area contributed by atoms with Gasteiger partial charge in [-0.2, -0.15) is 0 Å². The minimum atomic E-state index is -0.952. The number of piperidine rings is 1. The number of nitrogens with zero attached hydrogens (tertiary/aromatic N) is 5. The SMILES string of the molecule is O=C(O)c1ccc(-c2cc3n(c(=O)c2)C[C@H]2C[C@@H]3CN(CCn3cnnc3)C2)cc1. The summed E-state index contributed by atoms with van der Waals surface area (Å²) in [5.41, 5.74) is 3.07. The number of rotatable bonds is 5. The summed E-state index contributed by atoms with van der Waals surface area (Å²) in [6.07, 6.45) is 4.58. The van der Waals surface area contributed by atoms with Gasteiger partial charge in [0.25, 0.3) is 5.56 Å². The van der Waals surface area contributed by atoms with Crippen molar-refractivity contribution in [1.82, 2.24) is 24.2 Å². The molecule has 2 aromatic heterocycles. The standard InChI is InChI=1S/C22H23N5O3/c28-21-9-18(16-1-3-17(4-2-16)22(29)30)8-20-19-7-15(11-27(20)21)10-25(12-19)5-6-26-13-23-24-14-26/h1-4,8-9,13-15,19H,5-7,10-12H2,(H,29,30)/t15-,19+/m0/s1. The van der Waals surface area contributed by atoms with Crippen molar-refractivity contribution < 1.29 is 9.90 Å². The fourth-order valence-electron chi connectivity index (χ4n) is 4.81. The highest BCUT2D eigenvalue weighted by Crippen LogP contribution is 2.36. The highest BCUT2D eigenvalue weighted by molar-refractivity contribution is 5.88. The van der Waals surface area contributed by atoms with Gasteiger partial charge in [-0.15, -0.1) is 10.2 Å². The van der Waals surface area contributed by atoms with E-state index in [1.54, 1.807) is 43.0 Å². The molecule has 30 heavy (non-hydrogen) atoms.